The van der Waals surface area contributed by atoms with Crippen LogP contribution in [0.5, 0.6) is 0 Å². The highest BCUT2D eigenvalue weighted by atomic mass is 32.2. The van der Waals surface area contributed by atoms with E-state index in [9.17, 15) is 13.2 Å². The first-order valence-corrected chi connectivity index (χ1v) is 11.8. The molecule has 2 aromatic carbocycles. The number of carbonyl (C=O) groups excluding carboxylic acids is 1. The van der Waals surface area contributed by atoms with Gasteiger partial charge < -0.3 is 0 Å². The average molecular weight is 428 g/mol. The summed E-state index contributed by atoms with van der Waals surface area (Å²) in [5, 5.41) is 3.56. The molecule has 0 bridgehead atoms. The number of hydrogen-bond acceptors (Lipinski definition) is 4. The molecule has 0 aliphatic heterocycles. The van der Waals surface area contributed by atoms with Gasteiger partial charge in [-0.05, 0) is 40.1 Å². The van der Waals surface area contributed by atoms with Crippen molar-refractivity contribution >= 4 is 27.1 Å². The van der Waals surface area contributed by atoms with Gasteiger partial charge in [0.15, 0.2) is 5.78 Å². The van der Waals surface area contributed by atoms with Crippen molar-refractivity contribution in [2.75, 3.05) is 6.54 Å². The summed E-state index contributed by atoms with van der Waals surface area (Å²) < 4.78 is 28.0. The van der Waals surface area contributed by atoms with Gasteiger partial charge >= 0.3 is 0 Å². The molecule has 4 nitrogen and oxygen atoms in total. The van der Waals surface area contributed by atoms with Crippen LogP contribution in [0.15, 0.2) is 76.3 Å². The molecule has 0 radical (unpaired) electrons. The standard InChI is InChI=1S/C23H25NO3S2/c1-23(2,3)20-9-11-21(12-10-20)29(26,27)24(15-18-7-5-4-6-8-18)16-22(25)19-13-14-28-17-19/h4-14,17H,15-16H2,1-3H3. The zero-order valence-electron chi connectivity index (χ0n) is 16.8. The lowest BCUT2D eigenvalue weighted by Gasteiger charge is -2.23. The van der Waals surface area contributed by atoms with Crippen LogP contribution in [0.2, 0.25) is 0 Å². The van der Waals surface area contributed by atoms with Gasteiger partial charge in [-0.15, -0.1) is 0 Å². The highest BCUT2D eigenvalue weighted by Crippen LogP contribution is 2.25. The van der Waals surface area contributed by atoms with E-state index in [0.717, 1.165) is 11.1 Å². The van der Waals surface area contributed by atoms with E-state index in [2.05, 4.69) is 20.8 Å². The van der Waals surface area contributed by atoms with E-state index < -0.39 is 10.0 Å². The van der Waals surface area contributed by atoms with E-state index in [1.807, 2.05) is 47.8 Å². The van der Waals surface area contributed by atoms with Crippen molar-refractivity contribution in [2.45, 2.75) is 37.6 Å². The SMILES string of the molecule is CC(C)(C)c1ccc(S(=O)(=O)N(CC(=O)c2ccsc2)Cc2ccccc2)cc1. The summed E-state index contributed by atoms with van der Waals surface area (Å²) in [7, 11) is -3.83. The van der Waals surface area contributed by atoms with Gasteiger partial charge in [0.1, 0.15) is 0 Å². The molecule has 0 amide bonds. The lowest BCUT2D eigenvalue weighted by molar-refractivity contribution is 0.0965. The van der Waals surface area contributed by atoms with Crippen molar-refractivity contribution in [1.29, 1.82) is 0 Å². The Kier molecular flexibility index (Phi) is 6.36. The lowest BCUT2D eigenvalue weighted by atomic mass is 9.87. The molecule has 29 heavy (non-hydrogen) atoms. The summed E-state index contributed by atoms with van der Waals surface area (Å²) in [6.07, 6.45) is 0. The van der Waals surface area contributed by atoms with E-state index in [1.54, 1.807) is 23.6 Å². The second-order valence-electron chi connectivity index (χ2n) is 7.97. The fourth-order valence-electron chi connectivity index (χ4n) is 2.96. The maximum Gasteiger partial charge on any atom is 0.243 e. The van der Waals surface area contributed by atoms with Crippen LogP contribution in [0.3, 0.4) is 0 Å². The molecule has 1 heterocycles. The number of benzene rings is 2. The number of carbonyl (C=O) groups is 1. The van der Waals surface area contributed by atoms with Gasteiger partial charge in [-0.3, -0.25) is 4.79 Å². The Labute approximate surface area is 176 Å². The first-order valence-electron chi connectivity index (χ1n) is 9.38. The first kappa shape index (κ1) is 21.4. The second kappa shape index (κ2) is 8.61. The number of thiophene rings is 1. The van der Waals surface area contributed by atoms with Crippen LogP contribution in [-0.4, -0.2) is 25.1 Å². The smallest absolute Gasteiger partial charge is 0.243 e. The molecule has 152 valence electrons. The highest BCUT2D eigenvalue weighted by molar-refractivity contribution is 7.89. The molecule has 0 N–H and O–H groups in total. The van der Waals surface area contributed by atoms with Gasteiger partial charge in [-0.1, -0.05) is 63.2 Å². The molecule has 3 aromatic rings. The molecule has 0 spiro atoms. The third kappa shape index (κ3) is 5.21. The van der Waals surface area contributed by atoms with E-state index in [-0.39, 0.29) is 29.2 Å². The van der Waals surface area contributed by atoms with Gasteiger partial charge in [0.2, 0.25) is 10.0 Å². The molecule has 0 fully saturated rings. The third-order valence-electron chi connectivity index (χ3n) is 4.72. The maximum absolute atomic E-state index is 13.4. The molecule has 3 rings (SSSR count). The van der Waals surface area contributed by atoms with E-state index in [0.29, 0.717) is 5.56 Å². The molecule has 0 aliphatic carbocycles. The number of rotatable bonds is 7. The van der Waals surface area contributed by atoms with E-state index in [1.165, 1.54) is 15.6 Å². The van der Waals surface area contributed by atoms with Crippen molar-refractivity contribution in [3.8, 4) is 0 Å². The zero-order valence-corrected chi connectivity index (χ0v) is 18.5. The van der Waals surface area contributed by atoms with Gasteiger partial charge in [0, 0.05) is 17.5 Å². The van der Waals surface area contributed by atoms with Gasteiger partial charge in [-0.2, -0.15) is 15.6 Å². The fraction of sp³-hybridized carbons (Fsp3) is 0.261. The molecule has 1 aromatic heterocycles. The summed E-state index contributed by atoms with van der Waals surface area (Å²) in [6.45, 7) is 6.18. The van der Waals surface area contributed by atoms with Crippen molar-refractivity contribution < 1.29 is 13.2 Å². The summed E-state index contributed by atoms with van der Waals surface area (Å²) in [5.41, 5.74) is 2.35. The Morgan fingerprint density at radius 1 is 0.966 bits per heavy atom. The van der Waals surface area contributed by atoms with Crippen LogP contribution in [0.4, 0.5) is 0 Å². The van der Waals surface area contributed by atoms with Crippen LogP contribution < -0.4 is 0 Å². The maximum atomic E-state index is 13.4. The minimum absolute atomic E-state index is 0.0685. The summed E-state index contributed by atoms with van der Waals surface area (Å²) in [5.74, 6) is -0.211. The molecule has 0 saturated heterocycles. The van der Waals surface area contributed by atoms with Crippen LogP contribution in [0, 0.1) is 0 Å². The van der Waals surface area contributed by atoms with Crippen LogP contribution in [0.1, 0.15) is 42.3 Å². The first-order chi connectivity index (χ1) is 13.7. The zero-order chi connectivity index (χ0) is 21.1. The topological polar surface area (TPSA) is 54.5 Å². The van der Waals surface area contributed by atoms with Crippen molar-refractivity contribution in [3.63, 3.8) is 0 Å². The van der Waals surface area contributed by atoms with Gasteiger partial charge in [0.05, 0.1) is 11.4 Å². The normalized spacial score (nSPS) is 12.3. The molecular formula is C23H25NO3S2. The van der Waals surface area contributed by atoms with Gasteiger partial charge in [-0.25, -0.2) is 8.42 Å². The molecule has 6 heteroatoms. The minimum Gasteiger partial charge on any atom is -0.293 e. The van der Waals surface area contributed by atoms with E-state index >= 15 is 0 Å². The Morgan fingerprint density at radius 3 is 2.17 bits per heavy atom. The quantitative estimate of drug-likeness (QED) is 0.492. The average Bonchev–Trinajstić information content (AvgIpc) is 3.22. The number of nitrogens with zero attached hydrogens (tertiary/aromatic N) is 1. The molecule has 0 aliphatic rings. The number of hydrogen-bond donors (Lipinski definition) is 0. The van der Waals surface area contributed by atoms with E-state index in [4.69, 9.17) is 0 Å². The Hall–Kier alpha value is -2.28. The molecule has 0 atom stereocenters. The van der Waals surface area contributed by atoms with Gasteiger partial charge in [0.25, 0.3) is 0 Å². The monoisotopic (exact) mass is 427 g/mol. The predicted octanol–water partition coefficient (Wildman–Crippen LogP) is 5.12. The number of ketones is 1. The van der Waals surface area contributed by atoms with Crippen LogP contribution in [0.25, 0.3) is 0 Å². The molecular weight excluding hydrogens is 402 g/mol. The van der Waals surface area contributed by atoms with Crippen LogP contribution >= 0.6 is 11.3 Å². The summed E-state index contributed by atoms with van der Waals surface area (Å²) >= 11 is 1.42. The Bertz CT molecular complexity index is 1050. The predicted molar refractivity (Wildman–Crippen MR) is 118 cm³/mol. The largest absolute Gasteiger partial charge is 0.293 e. The third-order valence-corrected chi connectivity index (χ3v) is 7.21. The number of sulfonamides is 1. The Morgan fingerprint density at radius 2 is 1.62 bits per heavy atom. The summed E-state index contributed by atoms with van der Waals surface area (Å²) in [6, 6.07) is 18.0. The van der Waals surface area contributed by atoms with Crippen LogP contribution in [-0.2, 0) is 22.0 Å². The Balaban J connectivity index is 1.93. The van der Waals surface area contributed by atoms with Crippen molar-refractivity contribution in [1.82, 2.24) is 4.31 Å². The minimum atomic E-state index is -3.83. The lowest BCUT2D eigenvalue weighted by Crippen LogP contribution is -2.35. The van der Waals surface area contributed by atoms with Crippen molar-refractivity contribution in [3.05, 3.63) is 88.1 Å². The summed E-state index contributed by atoms with van der Waals surface area (Å²) in [4.78, 5) is 12.9. The highest BCUT2D eigenvalue weighted by Gasteiger charge is 2.28. The molecule has 0 saturated carbocycles. The second-order valence-corrected chi connectivity index (χ2v) is 10.7. The van der Waals surface area contributed by atoms with Crippen molar-refractivity contribution in [2.24, 2.45) is 0 Å². The molecule has 0 unspecified atom stereocenters. The number of Topliss-reactive ketones (excluding diaryl/α,β-unsaturated/α-hetero) is 1. The fourth-order valence-corrected chi connectivity index (χ4v) is 5.01.